The summed E-state index contributed by atoms with van der Waals surface area (Å²) in [5, 5.41) is 8.72. The fourth-order valence-electron chi connectivity index (χ4n) is 1.06. The molecule has 0 aromatic heterocycles. The van der Waals surface area contributed by atoms with Gasteiger partial charge in [-0.05, 0) is 12.1 Å². The van der Waals surface area contributed by atoms with Gasteiger partial charge in [0, 0.05) is 12.6 Å². The Balaban J connectivity index is 2.87. The minimum absolute atomic E-state index is 0.345. The van der Waals surface area contributed by atoms with E-state index in [2.05, 4.69) is 0 Å². The van der Waals surface area contributed by atoms with Crippen LogP contribution < -0.4 is 4.72 Å². The van der Waals surface area contributed by atoms with E-state index in [0.29, 0.717) is 18.2 Å². The molecule has 0 aliphatic heterocycles. The van der Waals surface area contributed by atoms with Crippen LogP contribution in [0.25, 0.3) is 0 Å². The van der Waals surface area contributed by atoms with Crippen LogP contribution in [0.15, 0.2) is 23.1 Å². The Bertz CT molecular complexity index is 521. The average Bonchev–Trinajstić information content (AvgIpc) is 2.25. The zero-order valence-electron chi connectivity index (χ0n) is 8.78. The quantitative estimate of drug-likeness (QED) is 0.790. The van der Waals surface area contributed by atoms with Crippen molar-refractivity contribution in [1.29, 1.82) is 0 Å². The van der Waals surface area contributed by atoms with E-state index >= 15 is 0 Å². The summed E-state index contributed by atoms with van der Waals surface area (Å²) in [5.41, 5.74) is 0. The number of alkyl halides is 2. The van der Waals surface area contributed by atoms with E-state index in [0.717, 1.165) is 0 Å². The number of aliphatic hydroxyl groups is 1. The van der Waals surface area contributed by atoms with Gasteiger partial charge in [-0.1, -0.05) is 0 Å². The van der Waals surface area contributed by atoms with E-state index in [1.165, 1.54) is 0 Å². The number of halogens is 4. The molecule has 9 heteroatoms. The highest BCUT2D eigenvalue weighted by Crippen LogP contribution is 2.15. The number of aliphatic hydroxyl groups excluding tert-OH is 1. The summed E-state index contributed by atoms with van der Waals surface area (Å²) in [4.78, 5) is -0.884. The van der Waals surface area contributed by atoms with Crippen molar-refractivity contribution in [3.63, 3.8) is 0 Å². The molecule has 0 fully saturated rings. The minimum Gasteiger partial charge on any atom is -0.386 e. The topological polar surface area (TPSA) is 66.4 Å². The van der Waals surface area contributed by atoms with E-state index in [-0.39, 0.29) is 0 Å². The van der Waals surface area contributed by atoms with Gasteiger partial charge >= 0.3 is 0 Å². The zero-order chi connectivity index (χ0) is 13.9. The SMILES string of the molecule is O=S(=O)(NCC(O)C(F)F)c1ccc(F)cc1F. The molecule has 102 valence electrons. The van der Waals surface area contributed by atoms with Crippen molar-refractivity contribution in [1.82, 2.24) is 4.72 Å². The van der Waals surface area contributed by atoms with Gasteiger partial charge < -0.3 is 5.11 Å². The lowest BCUT2D eigenvalue weighted by Crippen LogP contribution is -2.36. The molecule has 1 aromatic rings. The Morgan fingerprint density at radius 1 is 1.28 bits per heavy atom. The molecule has 0 radical (unpaired) electrons. The highest BCUT2D eigenvalue weighted by atomic mass is 32.2. The molecule has 0 bridgehead atoms. The van der Waals surface area contributed by atoms with Gasteiger partial charge in [0.25, 0.3) is 6.43 Å². The molecule has 1 rings (SSSR count). The van der Waals surface area contributed by atoms with Crippen molar-refractivity contribution >= 4 is 10.0 Å². The van der Waals surface area contributed by atoms with Crippen LogP contribution in [0.1, 0.15) is 0 Å². The van der Waals surface area contributed by atoms with E-state index in [9.17, 15) is 26.0 Å². The summed E-state index contributed by atoms with van der Waals surface area (Å²) >= 11 is 0. The van der Waals surface area contributed by atoms with Gasteiger partial charge in [-0.3, -0.25) is 0 Å². The number of sulfonamides is 1. The first-order valence-electron chi connectivity index (χ1n) is 4.65. The number of hydrogen-bond donors (Lipinski definition) is 2. The smallest absolute Gasteiger partial charge is 0.265 e. The molecular formula is C9H9F4NO3S. The van der Waals surface area contributed by atoms with E-state index in [1.54, 1.807) is 4.72 Å². The third-order valence-electron chi connectivity index (χ3n) is 1.96. The Morgan fingerprint density at radius 2 is 1.89 bits per heavy atom. The first-order chi connectivity index (χ1) is 8.24. The van der Waals surface area contributed by atoms with Crippen LogP contribution in [0.4, 0.5) is 17.6 Å². The molecule has 0 spiro atoms. The molecule has 0 heterocycles. The maximum atomic E-state index is 13.2. The van der Waals surface area contributed by atoms with Crippen molar-refractivity contribution in [3.8, 4) is 0 Å². The standard InChI is InChI=1S/C9H9F4NO3S/c10-5-1-2-8(6(11)3-5)18(16,17)14-4-7(15)9(12)13/h1-3,7,9,14-15H,4H2. The number of hydrogen-bond acceptors (Lipinski definition) is 3. The predicted octanol–water partition coefficient (Wildman–Crippen LogP) is 0.869. The number of rotatable bonds is 5. The molecule has 2 N–H and O–H groups in total. The van der Waals surface area contributed by atoms with Crippen molar-refractivity contribution in [2.75, 3.05) is 6.54 Å². The lowest BCUT2D eigenvalue weighted by molar-refractivity contribution is -0.000456. The largest absolute Gasteiger partial charge is 0.386 e. The van der Waals surface area contributed by atoms with Crippen molar-refractivity contribution in [3.05, 3.63) is 29.8 Å². The maximum Gasteiger partial charge on any atom is 0.265 e. The van der Waals surface area contributed by atoms with Crippen molar-refractivity contribution < 1.29 is 31.1 Å². The predicted molar refractivity (Wildman–Crippen MR) is 53.6 cm³/mol. The first-order valence-corrected chi connectivity index (χ1v) is 6.13. The Morgan fingerprint density at radius 3 is 2.39 bits per heavy atom. The van der Waals surface area contributed by atoms with Gasteiger partial charge in [-0.2, -0.15) is 0 Å². The summed E-state index contributed by atoms with van der Waals surface area (Å²) in [7, 11) is -4.42. The maximum absolute atomic E-state index is 13.2. The summed E-state index contributed by atoms with van der Waals surface area (Å²) in [6.45, 7) is -0.975. The molecule has 0 amide bonds. The average molecular weight is 287 g/mol. The van der Waals surface area contributed by atoms with Crippen LogP contribution in [-0.2, 0) is 10.0 Å². The molecule has 1 unspecified atom stereocenters. The molecule has 1 atom stereocenters. The van der Waals surface area contributed by atoms with Gasteiger partial charge in [0.05, 0.1) is 0 Å². The highest BCUT2D eigenvalue weighted by Gasteiger charge is 2.23. The van der Waals surface area contributed by atoms with E-state index in [1.807, 2.05) is 0 Å². The summed E-state index contributed by atoms with van der Waals surface area (Å²) in [5.74, 6) is -2.33. The molecule has 0 saturated carbocycles. The molecule has 18 heavy (non-hydrogen) atoms. The van der Waals surface area contributed by atoms with Gasteiger partial charge in [0.15, 0.2) is 0 Å². The second kappa shape index (κ2) is 5.63. The van der Waals surface area contributed by atoms with Crippen LogP contribution in [0.5, 0.6) is 0 Å². The molecule has 0 saturated heterocycles. The Hall–Kier alpha value is -1.19. The zero-order valence-corrected chi connectivity index (χ0v) is 9.59. The third kappa shape index (κ3) is 3.65. The Labute approximate surface area is 100 Å². The van der Waals surface area contributed by atoms with Gasteiger partial charge in [0.1, 0.15) is 22.6 Å². The molecular weight excluding hydrogens is 278 g/mol. The van der Waals surface area contributed by atoms with Crippen LogP contribution >= 0.6 is 0 Å². The molecule has 1 aromatic carbocycles. The second-order valence-electron chi connectivity index (χ2n) is 3.33. The summed E-state index contributed by atoms with van der Waals surface area (Å²) in [6, 6.07) is 1.71. The fraction of sp³-hybridized carbons (Fsp3) is 0.333. The van der Waals surface area contributed by atoms with Crippen molar-refractivity contribution in [2.24, 2.45) is 0 Å². The monoisotopic (exact) mass is 287 g/mol. The van der Waals surface area contributed by atoms with Crippen LogP contribution in [0.2, 0.25) is 0 Å². The van der Waals surface area contributed by atoms with Gasteiger partial charge in [-0.15, -0.1) is 0 Å². The van der Waals surface area contributed by atoms with Gasteiger partial charge in [0.2, 0.25) is 10.0 Å². The summed E-state index contributed by atoms with van der Waals surface area (Å²) in [6.07, 6.45) is -5.34. The second-order valence-corrected chi connectivity index (χ2v) is 5.06. The lowest BCUT2D eigenvalue weighted by atomic mass is 10.3. The third-order valence-corrected chi connectivity index (χ3v) is 3.41. The normalized spacial score (nSPS) is 13.9. The molecule has 0 aliphatic rings. The lowest BCUT2D eigenvalue weighted by Gasteiger charge is -2.11. The fourth-order valence-corrected chi connectivity index (χ4v) is 2.16. The van der Waals surface area contributed by atoms with Crippen LogP contribution in [0.3, 0.4) is 0 Å². The van der Waals surface area contributed by atoms with Crippen LogP contribution in [0, 0.1) is 11.6 Å². The summed E-state index contributed by atoms with van der Waals surface area (Å²) < 4.78 is 74.1. The molecule has 4 nitrogen and oxygen atoms in total. The molecule has 0 aliphatic carbocycles. The first kappa shape index (κ1) is 14.9. The minimum atomic E-state index is -4.42. The number of nitrogens with one attached hydrogen (secondary N) is 1. The Kier molecular flexibility index (Phi) is 4.65. The van der Waals surface area contributed by atoms with Crippen molar-refractivity contribution in [2.45, 2.75) is 17.4 Å². The van der Waals surface area contributed by atoms with E-state index in [4.69, 9.17) is 5.11 Å². The van der Waals surface area contributed by atoms with E-state index < -0.39 is 45.6 Å². The van der Waals surface area contributed by atoms with Gasteiger partial charge in [-0.25, -0.2) is 30.7 Å². The number of benzene rings is 1. The highest BCUT2D eigenvalue weighted by molar-refractivity contribution is 7.89. The van der Waals surface area contributed by atoms with Crippen LogP contribution in [-0.4, -0.2) is 32.6 Å².